The molecule has 0 aliphatic carbocycles. The first-order valence-electron chi connectivity index (χ1n) is 8.77. The smallest absolute Gasteiger partial charge is 0.325 e. The number of nitrogens with one attached hydrogen (secondary N) is 1. The van der Waals surface area contributed by atoms with Crippen molar-refractivity contribution in [3.63, 3.8) is 0 Å². The Labute approximate surface area is 181 Å². The molecule has 2 aromatic carbocycles. The molecule has 0 spiro atoms. The van der Waals surface area contributed by atoms with Gasteiger partial charge < -0.3 is 5.32 Å². The Morgan fingerprint density at radius 2 is 1.87 bits per heavy atom. The molecule has 0 aliphatic heterocycles. The van der Waals surface area contributed by atoms with Crippen molar-refractivity contribution in [1.82, 2.24) is 14.3 Å². The normalized spacial score (nSPS) is 11.6. The molecule has 11 heteroatoms. The van der Waals surface area contributed by atoms with E-state index in [4.69, 9.17) is 0 Å². The van der Waals surface area contributed by atoms with Gasteiger partial charge in [0.25, 0.3) is 0 Å². The van der Waals surface area contributed by atoms with E-state index < -0.39 is 17.6 Å². The van der Waals surface area contributed by atoms with E-state index in [1.165, 1.54) is 30.6 Å². The van der Waals surface area contributed by atoms with Gasteiger partial charge in [0.1, 0.15) is 33.1 Å². The van der Waals surface area contributed by atoms with Crippen molar-refractivity contribution in [2.45, 2.75) is 11.2 Å². The fourth-order valence-electron chi connectivity index (χ4n) is 2.75. The maximum Gasteiger partial charge on any atom is 0.416 e. The molecule has 31 heavy (non-hydrogen) atoms. The highest BCUT2D eigenvalue weighted by Crippen LogP contribution is 2.34. The van der Waals surface area contributed by atoms with Crippen LogP contribution in [0.5, 0.6) is 0 Å². The summed E-state index contributed by atoms with van der Waals surface area (Å²) in [6.07, 6.45) is -3.15. The van der Waals surface area contributed by atoms with Crippen molar-refractivity contribution in [1.29, 1.82) is 0 Å². The van der Waals surface area contributed by atoms with Gasteiger partial charge in [-0.3, -0.25) is 4.79 Å². The van der Waals surface area contributed by atoms with Gasteiger partial charge in [-0.05, 0) is 54.0 Å². The lowest BCUT2D eigenvalue weighted by Crippen LogP contribution is -2.15. The molecule has 1 N–H and O–H groups in total. The minimum absolute atomic E-state index is 0.0599. The Hall–Kier alpha value is -3.05. The van der Waals surface area contributed by atoms with Gasteiger partial charge in [0.05, 0.1) is 11.3 Å². The van der Waals surface area contributed by atoms with Gasteiger partial charge in [-0.2, -0.15) is 17.5 Å². The van der Waals surface area contributed by atoms with Crippen molar-refractivity contribution in [2.24, 2.45) is 0 Å². The molecule has 0 saturated carbocycles. The first-order valence-corrected chi connectivity index (χ1v) is 10.5. The third-order valence-corrected chi connectivity index (χ3v) is 6.12. The van der Waals surface area contributed by atoms with Crippen LogP contribution < -0.4 is 5.32 Å². The molecule has 4 rings (SSSR count). The Morgan fingerprint density at radius 3 is 2.61 bits per heavy atom. The SMILES string of the molecule is O=C(CSc1ncnc2c(-c3ccc(F)cc3)nsc12)Nc1cccc(C(F)(F)F)c1. The number of rotatable bonds is 5. The van der Waals surface area contributed by atoms with E-state index in [0.29, 0.717) is 26.5 Å². The molecule has 4 aromatic rings. The van der Waals surface area contributed by atoms with Crippen molar-refractivity contribution < 1.29 is 22.4 Å². The Morgan fingerprint density at radius 1 is 1.10 bits per heavy atom. The minimum atomic E-state index is -4.49. The second kappa shape index (κ2) is 8.60. The standard InChI is InChI=1S/C20H12F4N4OS2/c21-13-6-4-11(5-7-13)16-17-18(31-28-16)19(26-10-25-17)30-9-15(29)27-14-3-1-2-12(8-14)20(22,23)24/h1-8,10H,9H2,(H,27,29). The lowest BCUT2D eigenvalue weighted by Gasteiger charge is -2.09. The van der Waals surface area contributed by atoms with E-state index in [1.807, 2.05) is 0 Å². The average Bonchev–Trinajstić information content (AvgIpc) is 3.17. The zero-order valence-electron chi connectivity index (χ0n) is 15.5. The number of alkyl halides is 3. The van der Waals surface area contributed by atoms with E-state index in [-0.39, 0.29) is 17.3 Å². The third-order valence-electron chi connectivity index (χ3n) is 4.15. The first-order chi connectivity index (χ1) is 14.8. The minimum Gasteiger partial charge on any atom is -0.325 e. The van der Waals surface area contributed by atoms with E-state index in [9.17, 15) is 22.4 Å². The number of amides is 1. The van der Waals surface area contributed by atoms with Crippen LogP contribution >= 0.6 is 23.3 Å². The van der Waals surface area contributed by atoms with E-state index >= 15 is 0 Å². The lowest BCUT2D eigenvalue weighted by molar-refractivity contribution is -0.137. The van der Waals surface area contributed by atoms with Crippen molar-refractivity contribution in [2.75, 3.05) is 11.1 Å². The van der Waals surface area contributed by atoms with Gasteiger partial charge in [-0.15, -0.1) is 0 Å². The number of benzene rings is 2. The van der Waals surface area contributed by atoms with Crippen LogP contribution in [0.15, 0.2) is 59.9 Å². The fourth-order valence-corrected chi connectivity index (χ4v) is 4.47. The molecule has 0 saturated heterocycles. The summed E-state index contributed by atoms with van der Waals surface area (Å²) in [6.45, 7) is 0. The van der Waals surface area contributed by atoms with Gasteiger partial charge in [0.15, 0.2) is 0 Å². The summed E-state index contributed by atoms with van der Waals surface area (Å²) >= 11 is 2.28. The van der Waals surface area contributed by atoms with Crippen molar-refractivity contribution in [3.8, 4) is 11.3 Å². The third kappa shape index (κ3) is 4.83. The Kier molecular flexibility index (Phi) is 5.88. The van der Waals surface area contributed by atoms with Gasteiger partial charge in [-0.25, -0.2) is 14.4 Å². The maximum atomic E-state index is 13.2. The molecule has 2 aromatic heterocycles. The number of anilines is 1. The van der Waals surface area contributed by atoms with Crippen LogP contribution in [0.1, 0.15) is 5.56 Å². The first kappa shape index (κ1) is 21.2. The number of hydrogen-bond donors (Lipinski definition) is 1. The van der Waals surface area contributed by atoms with Crippen molar-refractivity contribution in [3.05, 3.63) is 66.2 Å². The van der Waals surface area contributed by atoms with E-state index in [2.05, 4.69) is 19.7 Å². The highest BCUT2D eigenvalue weighted by molar-refractivity contribution is 8.00. The second-order valence-electron chi connectivity index (χ2n) is 6.31. The van der Waals surface area contributed by atoms with Crippen LogP contribution in [0.25, 0.3) is 21.5 Å². The molecule has 0 radical (unpaired) electrons. The van der Waals surface area contributed by atoms with Gasteiger partial charge in [0, 0.05) is 11.3 Å². The van der Waals surface area contributed by atoms with E-state index in [1.54, 1.807) is 12.1 Å². The predicted octanol–water partition coefficient (Wildman–Crippen LogP) is 5.64. The molecule has 2 heterocycles. The molecule has 0 aliphatic rings. The lowest BCUT2D eigenvalue weighted by atomic mass is 10.1. The summed E-state index contributed by atoms with van der Waals surface area (Å²) in [4.78, 5) is 20.7. The van der Waals surface area contributed by atoms with Gasteiger partial charge in [-0.1, -0.05) is 17.8 Å². The van der Waals surface area contributed by atoms with Crippen molar-refractivity contribution >= 4 is 45.1 Å². The van der Waals surface area contributed by atoms with Gasteiger partial charge >= 0.3 is 6.18 Å². The number of thioether (sulfide) groups is 1. The monoisotopic (exact) mass is 464 g/mol. The molecule has 158 valence electrons. The molecule has 5 nitrogen and oxygen atoms in total. The summed E-state index contributed by atoms with van der Waals surface area (Å²) in [5.41, 5.74) is 1.08. The zero-order valence-corrected chi connectivity index (χ0v) is 17.1. The van der Waals surface area contributed by atoms with Crippen LogP contribution in [-0.4, -0.2) is 26.0 Å². The highest BCUT2D eigenvalue weighted by atomic mass is 32.2. The van der Waals surface area contributed by atoms with Crippen LogP contribution in [-0.2, 0) is 11.0 Å². The molecule has 0 bridgehead atoms. The maximum absolute atomic E-state index is 13.2. The number of nitrogens with zero attached hydrogens (tertiary/aromatic N) is 3. The van der Waals surface area contributed by atoms with Crippen LogP contribution in [0.4, 0.5) is 23.2 Å². The predicted molar refractivity (Wildman–Crippen MR) is 111 cm³/mol. The summed E-state index contributed by atoms with van der Waals surface area (Å²) in [5.74, 6) is -0.896. The largest absolute Gasteiger partial charge is 0.416 e. The molecule has 1 amide bonds. The molecular formula is C20H12F4N4OS2. The number of carbonyl (C=O) groups excluding carboxylic acids is 1. The summed E-state index contributed by atoms with van der Waals surface area (Å²) in [5, 5.41) is 2.98. The van der Waals surface area contributed by atoms with Crippen LogP contribution in [0.3, 0.4) is 0 Å². The van der Waals surface area contributed by atoms with E-state index in [0.717, 1.165) is 35.4 Å². The number of hydrogen-bond acceptors (Lipinski definition) is 6. The highest BCUT2D eigenvalue weighted by Gasteiger charge is 2.30. The van der Waals surface area contributed by atoms with Crippen LogP contribution in [0.2, 0.25) is 0 Å². The number of carbonyl (C=O) groups is 1. The van der Waals surface area contributed by atoms with Crippen LogP contribution in [0, 0.1) is 5.82 Å². The molecule has 0 unspecified atom stereocenters. The number of aromatic nitrogens is 3. The summed E-state index contributed by atoms with van der Waals surface area (Å²) in [7, 11) is 0. The summed E-state index contributed by atoms with van der Waals surface area (Å²) in [6, 6.07) is 10.3. The average molecular weight is 464 g/mol. The quantitative estimate of drug-likeness (QED) is 0.235. The summed E-state index contributed by atoms with van der Waals surface area (Å²) < 4.78 is 56.7. The van der Waals surface area contributed by atoms with Gasteiger partial charge in [0.2, 0.25) is 5.91 Å². The number of halogens is 4. The zero-order chi connectivity index (χ0) is 22.0. The molecule has 0 atom stereocenters. The number of fused-ring (bicyclic) bond motifs is 1. The molecule has 0 fully saturated rings. The molecular weight excluding hydrogens is 452 g/mol. The Bertz CT molecular complexity index is 1240. The second-order valence-corrected chi connectivity index (χ2v) is 8.05. The Balaban J connectivity index is 1.48. The fraction of sp³-hybridized carbons (Fsp3) is 0.100. The topological polar surface area (TPSA) is 67.8 Å².